The Morgan fingerprint density at radius 2 is 2.20 bits per heavy atom. The van der Waals surface area contributed by atoms with E-state index in [9.17, 15) is 9.59 Å². The van der Waals surface area contributed by atoms with Gasteiger partial charge in [0.25, 0.3) is 0 Å². The van der Waals surface area contributed by atoms with E-state index < -0.39 is 5.97 Å². The van der Waals surface area contributed by atoms with Crippen LogP contribution in [0.2, 0.25) is 0 Å². The van der Waals surface area contributed by atoms with Crippen LogP contribution in [0.5, 0.6) is 0 Å². The molecule has 1 aromatic rings. The van der Waals surface area contributed by atoms with Crippen LogP contribution in [-0.4, -0.2) is 35.1 Å². The van der Waals surface area contributed by atoms with Gasteiger partial charge in [-0.25, -0.2) is 4.79 Å². The highest BCUT2D eigenvalue weighted by atomic mass is 32.1. The third-order valence-corrected chi connectivity index (χ3v) is 4.04. The molecule has 0 aliphatic heterocycles. The van der Waals surface area contributed by atoms with Crippen LogP contribution in [0.3, 0.4) is 0 Å². The lowest BCUT2D eigenvalue weighted by atomic mass is 10.0. The van der Waals surface area contributed by atoms with Crippen LogP contribution in [0.25, 0.3) is 0 Å². The number of carbonyl (C=O) groups is 2. The fourth-order valence-corrected chi connectivity index (χ4v) is 2.59. The number of carboxylic acids is 1. The maximum Gasteiger partial charge on any atom is 0.317 e. The van der Waals surface area contributed by atoms with E-state index >= 15 is 0 Å². The number of amides is 2. The smallest absolute Gasteiger partial charge is 0.317 e. The van der Waals surface area contributed by atoms with Gasteiger partial charge in [-0.1, -0.05) is 19.4 Å². The number of hydrogen-bond donors (Lipinski definition) is 2. The first-order valence-corrected chi connectivity index (χ1v) is 7.71. The molecule has 0 bridgehead atoms. The van der Waals surface area contributed by atoms with Gasteiger partial charge in [-0.05, 0) is 24.3 Å². The lowest BCUT2D eigenvalue weighted by Gasteiger charge is -2.22. The van der Waals surface area contributed by atoms with Gasteiger partial charge < -0.3 is 15.3 Å². The second-order valence-electron chi connectivity index (χ2n) is 4.65. The Labute approximate surface area is 123 Å². The molecule has 1 atom stereocenters. The number of carboxylic acid groups (broad SMARTS) is 1. The average Bonchev–Trinajstić information content (AvgIpc) is 2.92. The number of thiophene rings is 1. The summed E-state index contributed by atoms with van der Waals surface area (Å²) in [5, 5.41) is 13.6. The number of urea groups is 1. The Balaban J connectivity index is 2.44. The van der Waals surface area contributed by atoms with Crippen molar-refractivity contribution in [3.8, 4) is 0 Å². The van der Waals surface area contributed by atoms with Gasteiger partial charge in [0.2, 0.25) is 0 Å². The SMILES string of the molecule is CCC(CNC(=O)N(CC)Cc1cccs1)CC(=O)O. The molecule has 20 heavy (non-hydrogen) atoms. The van der Waals surface area contributed by atoms with Crippen molar-refractivity contribution in [2.24, 2.45) is 5.92 Å². The molecule has 0 aliphatic rings. The summed E-state index contributed by atoms with van der Waals surface area (Å²) in [6.07, 6.45) is 0.831. The number of carbonyl (C=O) groups excluding carboxylic acids is 1. The Morgan fingerprint density at radius 3 is 2.70 bits per heavy atom. The first-order chi connectivity index (χ1) is 9.56. The van der Waals surface area contributed by atoms with Gasteiger partial charge in [-0.2, -0.15) is 0 Å². The molecular formula is C14H22N2O3S. The zero-order valence-electron chi connectivity index (χ0n) is 12.0. The van der Waals surface area contributed by atoms with Gasteiger partial charge in [0.15, 0.2) is 0 Å². The summed E-state index contributed by atoms with van der Waals surface area (Å²) in [6, 6.07) is 3.83. The second-order valence-corrected chi connectivity index (χ2v) is 5.68. The molecule has 1 unspecified atom stereocenters. The Morgan fingerprint density at radius 1 is 1.45 bits per heavy atom. The minimum absolute atomic E-state index is 0.0168. The molecular weight excluding hydrogens is 276 g/mol. The van der Waals surface area contributed by atoms with Crippen molar-refractivity contribution in [1.82, 2.24) is 10.2 Å². The normalized spacial score (nSPS) is 11.9. The average molecular weight is 298 g/mol. The minimum atomic E-state index is -0.822. The van der Waals surface area contributed by atoms with E-state index in [0.29, 0.717) is 19.6 Å². The summed E-state index contributed by atoms with van der Waals surface area (Å²) in [7, 11) is 0. The van der Waals surface area contributed by atoms with E-state index in [2.05, 4.69) is 5.32 Å². The summed E-state index contributed by atoms with van der Waals surface area (Å²) in [5.41, 5.74) is 0. The number of hydrogen-bond acceptors (Lipinski definition) is 3. The fourth-order valence-electron chi connectivity index (χ4n) is 1.87. The predicted octanol–water partition coefficient (Wildman–Crippen LogP) is 2.78. The van der Waals surface area contributed by atoms with Crippen molar-refractivity contribution in [1.29, 1.82) is 0 Å². The highest BCUT2D eigenvalue weighted by Gasteiger charge is 2.16. The minimum Gasteiger partial charge on any atom is -0.481 e. The molecule has 2 amide bonds. The van der Waals surface area contributed by atoms with Gasteiger partial charge >= 0.3 is 12.0 Å². The van der Waals surface area contributed by atoms with Crippen molar-refractivity contribution in [3.05, 3.63) is 22.4 Å². The maximum atomic E-state index is 12.1. The molecule has 5 nitrogen and oxygen atoms in total. The molecule has 1 heterocycles. The molecule has 0 aromatic carbocycles. The summed E-state index contributed by atoms with van der Waals surface area (Å²) in [4.78, 5) is 25.6. The topological polar surface area (TPSA) is 69.6 Å². The lowest BCUT2D eigenvalue weighted by molar-refractivity contribution is -0.138. The van der Waals surface area contributed by atoms with E-state index in [0.717, 1.165) is 11.3 Å². The monoisotopic (exact) mass is 298 g/mol. The zero-order valence-corrected chi connectivity index (χ0v) is 12.8. The van der Waals surface area contributed by atoms with Crippen molar-refractivity contribution >= 4 is 23.3 Å². The van der Waals surface area contributed by atoms with Crippen LogP contribution in [0.15, 0.2) is 17.5 Å². The molecule has 2 N–H and O–H groups in total. The van der Waals surface area contributed by atoms with Crippen LogP contribution in [0.4, 0.5) is 4.79 Å². The van der Waals surface area contributed by atoms with E-state index in [1.165, 1.54) is 0 Å². The van der Waals surface area contributed by atoms with Crippen LogP contribution >= 0.6 is 11.3 Å². The van der Waals surface area contributed by atoms with Crippen molar-refractivity contribution in [2.75, 3.05) is 13.1 Å². The Kier molecular flexibility index (Phi) is 7.08. The zero-order chi connectivity index (χ0) is 15.0. The molecule has 1 rings (SSSR count). The summed E-state index contributed by atoms with van der Waals surface area (Å²) in [6.45, 7) is 5.49. The quantitative estimate of drug-likeness (QED) is 0.775. The van der Waals surface area contributed by atoms with Gasteiger partial charge in [-0.3, -0.25) is 4.79 Å². The van der Waals surface area contributed by atoms with Crippen molar-refractivity contribution in [2.45, 2.75) is 33.2 Å². The van der Waals surface area contributed by atoms with Gasteiger partial charge in [0.1, 0.15) is 0 Å². The highest BCUT2D eigenvalue weighted by molar-refractivity contribution is 7.09. The largest absolute Gasteiger partial charge is 0.481 e. The van der Waals surface area contributed by atoms with Crippen molar-refractivity contribution < 1.29 is 14.7 Å². The van der Waals surface area contributed by atoms with Crippen molar-refractivity contribution in [3.63, 3.8) is 0 Å². The number of aliphatic carboxylic acids is 1. The van der Waals surface area contributed by atoms with E-state index in [1.54, 1.807) is 16.2 Å². The molecule has 0 aliphatic carbocycles. The summed E-state index contributed by atoms with van der Waals surface area (Å²) < 4.78 is 0. The third kappa shape index (κ3) is 5.61. The van der Waals surface area contributed by atoms with Gasteiger partial charge in [0.05, 0.1) is 6.54 Å². The molecule has 6 heteroatoms. The highest BCUT2D eigenvalue weighted by Crippen LogP contribution is 2.12. The van der Waals surface area contributed by atoms with Gasteiger partial charge in [-0.15, -0.1) is 11.3 Å². The molecule has 0 saturated heterocycles. The maximum absolute atomic E-state index is 12.1. The fraction of sp³-hybridized carbons (Fsp3) is 0.571. The van der Waals surface area contributed by atoms with Crippen LogP contribution in [-0.2, 0) is 11.3 Å². The Bertz CT molecular complexity index is 420. The third-order valence-electron chi connectivity index (χ3n) is 3.18. The second kappa shape index (κ2) is 8.58. The number of nitrogens with zero attached hydrogens (tertiary/aromatic N) is 1. The first-order valence-electron chi connectivity index (χ1n) is 6.83. The van der Waals surface area contributed by atoms with Gasteiger partial charge in [0, 0.05) is 24.4 Å². The van der Waals surface area contributed by atoms with Crippen LogP contribution in [0, 0.1) is 5.92 Å². The molecule has 0 fully saturated rings. The van der Waals surface area contributed by atoms with Crippen LogP contribution < -0.4 is 5.32 Å². The standard InChI is InChI=1S/C14H22N2O3S/c1-3-11(8-13(17)18)9-15-14(19)16(4-2)10-12-6-5-7-20-12/h5-7,11H,3-4,8-10H2,1-2H3,(H,15,19)(H,17,18). The number of nitrogens with one attached hydrogen (secondary N) is 1. The van der Waals surface area contributed by atoms with E-state index in [1.807, 2.05) is 31.4 Å². The summed E-state index contributed by atoms with van der Waals surface area (Å²) in [5.74, 6) is -0.839. The Hall–Kier alpha value is -1.56. The summed E-state index contributed by atoms with van der Waals surface area (Å²) >= 11 is 1.62. The predicted molar refractivity (Wildman–Crippen MR) is 79.8 cm³/mol. The van der Waals surface area contributed by atoms with E-state index in [-0.39, 0.29) is 18.4 Å². The lowest BCUT2D eigenvalue weighted by Crippen LogP contribution is -2.41. The number of rotatable bonds is 8. The molecule has 0 saturated carbocycles. The van der Waals surface area contributed by atoms with E-state index in [4.69, 9.17) is 5.11 Å². The molecule has 1 aromatic heterocycles. The molecule has 0 radical (unpaired) electrons. The molecule has 0 spiro atoms. The molecule has 112 valence electrons. The van der Waals surface area contributed by atoms with Crippen LogP contribution in [0.1, 0.15) is 31.6 Å². The first kappa shape index (κ1) is 16.5.